The summed E-state index contributed by atoms with van der Waals surface area (Å²) in [5, 5.41) is 8.72. The molecule has 5 rings (SSSR count). The third-order valence-corrected chi connectivity index (χ3v) is 7.75. The minimum Gasteiger partial charge on any atom is -0.493 e. The van der Waals surface area contributed by atoms with Crippen LogP contribution < -0.4 is 20.1 Å². The number of ether oxygens (including phenoxy) is 2. The smallest absolute Gasteiger partial charge is 0.260 e. The molecule has 37 heavy (non-hydrogen) atoms. The number of benzene rings is 4. The maximum Gasteiger partial charge on any atom is 0.260 e. The van der Waals surface area contributed by atoms with Gasteiger partial charge in [0.1, 0.15) is 6.61 Å². The van der Waals surface area contributed by atoms with E-state index in [0.717, 1.165) is 27.7 Å². The van der Waals surface area contributed by atoms with Crippen molar-refractivity contribution in [3.63, 3.8) is 0 Å². The van der Waals surface area contributed by atoms with Crippen LogP contribution in [0.1, 0.15) is 23.6 Å². The van der Waals surface area contributed by atoms with Crippen LogP contribution in [0, 0.1) is 0 Å². The second-order valence-corrected chi connectivity index (χ2v) is 10.7. The van der Waals surface area contributed by atoms with Crippen LogP contribution in [0.4, 0.5) is 5.69 Å². The molecule has 1 amide bonds. The molecule has 5 nitrogen and oxygen atoms in total. The summed E-state index contributed by atoms with van der Waals surface area (Å²) in [4.78, 5) is 13.3. The van der Waals surface area contributed by atoms with Crippen molar-refractivity contribution >= 4 is 56.1 Å². The number of hydrogen-bond donors (Lipinski definition) is 2. The first-order valence-corrected chi connectivity index (χ1v) is 13.7. The molecule has 4 aromatic rings. The number of carbonyl (C=O) groups excluding carboxylic acids is 1. The van der Waals surface area contributed by atoms with E-state index in [0.29, 0.717) is 23.0 Å². The number of nitrogens with one attached hydrogen (secondary N) is 2. The zero-order chi connectivity index (χ0) is 25.8. The first kappa shape index (κ1) is 25.2. The van der Waals surface area contributed by atoms with Gasteiger partial charge in [0.05, 0.1) is 16.5 Å². The summed E-state index contributed by atoms with van der Waals surface area (Å²) in [5.74, 6) is 1.10. The van der Waals surface area contributed by atoms with Gasteiger partial charge in [0.25, 0.3) is 5.91 Å². The van der Waals surface area contributed by atoms with Crippen molar-refractivity contribution in [1.29, 1.82) is 0 Å². The lowest BCUT2D eigenvalue weighted by molar-refractivity contribution is -0.116. The number of carbonyl (C=O) groups is 1. The third-order valence-electron chi connectivity index (χ3n) is 6.14. The van der Waals surface area contributed by atoms with E-state index in [1.165, 1.54) is 28.1 Å². The zero-order valence-corrected chi connectivity index (χ0v) is 23.0. The van der Waals surface area contributed by atoms with Crippen LogP contribution in [0.2, 0.25) is 0 Å². The largest absolute Gasteiger partial charge is 0.493 e. The average molecular weight is 576 g/mol. The highest BCUT2D eigenvalue weighted by atomic mass is 79.9. The third kappa shape index (κ3) is 5.95. The summed E-state index contributed by atoms with van der Waals surface area (Å²) in [5.41, 5.74) is 3.92. The number of methoxy groups -OCH3 is 1. The van der Waals surface area contributed by atoms with E-state index in [4.69, 9.17) is 9.47 Å². The van der Waals surface area contributed by atoms with Crippen LogP contribution in [0.5, 0.6) is 11.5 Å². The molecular weight excluding hydrogens is 548 g/mol. The van der Waals surface area contributed by atoms with Gasteiger partial charge in [-0.2, -0.15) is 0 Å². The fraction of sp³-hybridized carbons (Fsp3) is 0.167. The van der Waals surface area contributed by atoms with Crippen LogP contribution >= 0.6 is 27.7 Å². The predicted octanol–water partition coefficient (Wildman–Crippen LogP) is 7.35. The lowest BCUT2D eigenvalue weighted by Gasteiger charge is -2.14. The monoisotopic (exact) mass is 574 g/mol. The van der Waals surface area contributed by atoms with Gasteiger partial charge in [-0.05, 0) is 86.2 Å². The number of hydrogen-bond acceptors (Lipinski definition) is 5. The summed E-state index contributed by atoms with van der Waals surface area (Å²) < 4.78 is 12.5. The van der Waals surface area contributed by atoms with Gasteiger partial charge in [-0.15, -0.1) is 0 Å². The Hall–Kier alpha value is -3.42. The van der Waals surface area contributed by atoms with E-state index in [1.807, 2.05) is 42.5 Å². The second-order valence-electron chi connectivity index (χ2n) is 8.68. The molecule has 4 aromatic carbocycles. The van der Waals surface area contributed by atoms with Crippen molar-refractivity contribution in [2.24, 2.45) is 0 Å². The van der Waals surface area contributed by atoms with Crippen LogP contribution in [-0.2, 0) is 17.8 Å². The number of rotatable bonds is 8. The normalized spacial score (nSPS) is 16.1. The Morgan fingerprint density at radius 3 is 2.51 bits per heavy atom. The Morgan fingerprint density at radius 2 is 1.76 bits per heavy atom. The Morgan fingerprint density at radius 1 is 1.00 bits per heavy atom. The molecule has 188 valence electrons. The fourth-order valence-electron chi connectivity index (χ4n) is 4.15. The van der Waals surface area contributed by atoms with Crippen LogP contribution in [-0.4, -0.2) is 18.5 Å². The Bertz CT molecular complexity index is 1470. The average Bonchev–Trinajstić information content (AvgIpc) is 3.26. The van der Waals surface area contributed by atoms with Crippen LogP contribution in [0.25, 0.3) is 16.8 Å². The molecule has 0 aliphatic carbocycles. The molecule has 1 saturated heterocycles. The van der Waals surface area contributed by atoms with Gasteiger partial charge in [-0.1, -0.05) is 67.2 Å². The molecule has 0 bridgehead atoms. The first-order valence-electron chi connectivity index (χ1n) is 12.0. The summed E-state index contributed by atoms with van der Waals surface area (Å²) in [6.45, 7) is 2.54. The van der Waals surface area contributed by atoms with Gasteiger partial charge >= 0.3 is 0 Å². The summed E-state index contributed by atoms with van der Waals surface area (Å²) >= 11 is 5.08. The Labute approximate surface area is 229 Å². The topological polar surface area (TPSA) is 59.6 Å². The van der Waals surface area contributed by atoms with Gasteiger partial charge in [0.15, 0.2) is 17.0 Å². The highest BCUT2D eigenvalue weighted by Crippen LogP contribution is 2.39. The van der Waals surface area contributed by atoms with E-state index in [-0.39, 0.29) is 11.4 Å². The van der Waals surface area contributed by atoms with Crippen molar-refractivity contribution < 1.29 is 14.3 Å². The van der Waals surface area contributed by atoms with Crippen LogP contribution in [0.3, 0.4) is 0 Å². The standard InChI is InChI=1S/C30H27BrN2O3S/c1-3-19-9-12-24(13-10-19)32-30-33-29(34)27(37-30)17-21-15-25(31)28(26(16-21)35-2)36-18-20-8-11-22-6-4-5-7-23(22)14-20/h4-17,30,32H,3,18H2,1-2H3,(H,33,34)/b27-17-/t30-/m0/s1. The van der Waals surface area contributed by atoms with Crippen molar-refractivity contribution in [3.8, 4) is 11.5 Å². The van der Waals surface area contributed by atoms with Crippen molar-refractivity contribution in [1.82, 2.24) is 5.32 Å². The zero-order valence-electron chi connectivity index (χ0n) is 20.6. The SMILES string of the molecule is CCc1ccc(N[C@H]2NC(=O)/C(=C/c3cc(Br)c(OCc4ccc5ccccc5c4)c(OC)c3)S2)cc1. The van der Waals surface area contributed by atoms with E-state index in [9.17, 15) is 4.79 Å². The molecule has 0 unspecified atom stereocenters. The molecular formula is C30H27BrN2O3S. The highest BCUT2D eigenvalue weighted by Gasteiger charge is 2.27. The lowest BCUT2D eigenvalue weighted by atomic mass is 10.1. The summed E-state index contributed by atoms with van der Waals surface area (Å²) in [7, 11) is 1.61. The summed E-state index contributed by atoms with van der Waals surface area (Å²) in [6, 6.07) is 26.6. The molecule has 0 spiro atoms. The quantitative estimate of drug-likeness (QED) is 0.215. The number of anilines is 1. The number of fused-ring (bicyclic) bond motifs is 1. The number of thioether (sulfide) groups is 1. The minimum absolute atomic E-state index is 0.112. The molecule has 1 aliphatic rings. The van der Waals surface area contributed by atoms with E-state index in [2.05, 4.69) is 76.0 Å². The number of halogens is 1. The Balaban J connectivity index is 1.29. The van der Waals surface area contributed by atoms with Crippen molar-refractivity contribution in [2.45, 2.75) is 25.4 Å². The molecule has 1 aliphatic heterocycles. The highest BCUT2D eigenvalue weighted by molar-refractivity contribution is 9.10. The van der Waals surface area contributed by atoms with Gasteiger partial charge in [0.2, 0.25) is 0 Å². The summed E-state index contributed by atoms with van der Waals surface area (Å²) in [6.07, 6.45) is 2.86. The van der Waals surface area contributed by atoms with Gasteiger partial charge in [-0.25, -0.2) is 0 Å². The molecule has 1 fully saturated rings. The van der Waals surface area contributed by atoms with Gasteiger partial charge in [-0.3, -0.25) is 4.79 Å². The fourth-order valence-corrected chi connectivity index (χ4v) is 5.71. The number of aryl methyl sites for hydroxylation is 1. The molecule has 7 heteroatoms. The first-order chi connectivity index (χ1) is 18.0. The van der Waals surface area contributed by atoms with Gasteiger partial charge < -0.3 is 20.1 Å². The van der Waals surface area contributed by atoms with E-state index < -0.39 is 0 Å². The molecule has 0 saturated carbocycles. The maximum absolute atomic E-state index is 12.6. The van der Waals surface area contributed by atoms with Crippen molar-refractivity contribution in [2.75, 3.05) is 12.4 Å². The molecule has 2 N–H and O–H groups in total. The second kappa shape index (κ2) is 11.3. The van der Waals surface area contributed by atoms with Crippen molar-refractivity contribution in [3.05, 3.63) is 105 Å². The lowest BCUT2D eigenvalue weighted by Crippen LogP contribution is -2.30. The molecule has 0 radical (unpaired) electrons. The van der Waals surface area contributed by atoms with Crippen LogP contribution in [0.15, 0.2) is 88.2 Å². The molecule has 1 heterocycles. The van der Waals surface area contributed by atoms with E-state index >= 15 is 0 Å². The maximum atomic E-state index is 12.6. The predicted molar refractivity (Wildman–Crippen MR) is 156 cm³/mol. The minimum atomic E-state index is -0.235. The number of amides is 1. The molecule has 0 aromatic heterocycles. The van der Waals surface area contributed by atoms with E-state index in [1.54, 1.807) is 7.11 Å². The Kier molecular flexibility index (Phi) is 7.72. The van der Waals surface area contributed by atoms with Gasteiger partial charge in [0, 0.05) is 5.69 Å². The molecule has 1 atom stereocenters.